The lowest BCUT2D eigenvalue weighted by atomic mass is 10.3. The molecule has 0 radical (unpaired) electrons. The van der Waals surface area contributed by atoms with Gasteiger partial charge in [-0.25, -0.2) is 13.6 Å². The lowest BCUT2D eigenvalue weighted by Gasteiger charge is -2.09. The van der Waals surface area contributed by atoms with E-state index in [0.717, 1.165) is 12.1 Å². The summed E-state index contributed by atoms with van der Waals surface area (Å²) in [5.74, 6) is -2.84. The molecule has 92 valence electrons. The highest BCUT2D eigenvalue weighted by Gasteiger charge is 2.13. The molecule has 0 aliphatic heterocycles. The third kappa shape index (κ3) is 3.55. The topological polar surface area (TPSA) is 35.5 Å². The standard InChI is InChI=1S/C12H12F2O3/c1-3-16-12(15)8(2)7-17-11-9(13)5-4-6-10(11)14/h4-6H,2-3,7H2,1H3. The van der Waals surface area contributed by atoms with Gasteiger partial charge in [-0.3, -0.25) is 0 Å². The Morgan fingerprint density at radius 1 is 1.35 bits per heavy atom. The van der Waals surface area contributed by atoms with Crippen molar-refractivity contribution in [3.8, 4) is 5.75 Å². The van der Waals surface area contributed by atoms with E-state index in [2.05, 4.69) is 11.3 Å². The fourth-order valence-electron chi connectivity index (χ4n) is 1.07. The van der Waals surface area contributed by atoms with Gasteiger partial charge in [0.05, 0.1) is 12.2 Å². The molecule has 5 heteroatoms. The Balaban J connectivity index is 2.62. The Bertz CT molecular complexity index is 410. The maximum absolute atomic E-state index is 13.1. The van der Waals surface area contributed by atoms with Gasteiger partial charge < -0.3 is 9.47 Å². The van der Waals surface area contributed by atoms with Gasteiger partial charge in [-0.2, -0.15) is 0 Å². The Labute approximate surface area is 97.7 Å². The minimum absolute atomic E-state index is 0.00509. The molecule has 1 aromatic carbocycles. The van der Waals surface area contributed by atoms with Crippen molar-refractivity contribution < 1.29 is 23.0 Å². The maximum atomic E-state index is 13.1. The molecule has 0 aliphatic rings. The van der Waals surface area contributed by atoms with Gasteiger partial charge in [-0.1, -0.05) is 12.6 Å². The highest BCUT2D eigenvalue weighted by molar-refractivity contribution is 5.88. The van der Waals surface area contributed by atoms with Crippen LogP contribution in [0.2, 0.25) is 0 Å². The lowest BCUT2D eigenvalue weighted by molar-refractivity contribution is -0.138. The van der Waals surface area contributed by atoms with E-state index in [4.69, 9.17) is 4.74 Å². The molecule has 3 nitrogen and oxygen atoms in total. The fourth-order valence-corrected chi connectivity index (χ4v) is 1.07. The van der Waals surface area contributed by atoms with Crippen LogP contribution in [0.5, 0.6) is 5.75 Å². The van der Waals surface area contributed by atoms with E-state index in [-0.39, 0.29) is 18.8 Å². The van der Waals surface area contributed by atoms with Crippen LogP contribution in [0.4, 0.5) is 8.78 Å². The van der Waals surface area contributed by atoms with E-state index in [0.29, 0.717) is 0 Å². The van der Waals surface area contributed by atoms with Crippen LogP contribution in [0.25, 0.3) is 0 Å². The van der Waals surface area contributed by atoms with Crippen molar-refractivity contribution in [3.63, 3.8) is 0 Å². The molecule has 0 unspecified atom stereocenters. The zero-order valence-electron chi connectivity index (χ0n) is 9.33. The first kappa shape index (κ1) is 13.2. The number of para-hydroxylation sites is 1. The number of ether oxygens (including phenoxy) is 2. The summed E-state index contributed by atoms with van der Waals surface area (Å²) in [6.45, 7) is 4.92. The Morgan fingerprint density at radius 2 is 1.94 bits per heavy atom. The van der Waals surface area contributed by atoms with Crippen molar-refractivity contribution in [3.05, 3.63) is 42.0 Å². The third-order valence-corrected chi connectivity index (χ3v) is 1.87. The third-order valence-electron chi connectivity index (χ3n) is 1.87. The number of carbonyl (C=O) groups excluding carboxylic acids is 1. The highest BCUT2D eigenvalue weighted by atomic mass is 19.1. The summed E-state index contributed by atoms with van der Waals surface area (Å²) >= 11 is 0. The van der Waals surface area contributed by atoms with Gasteiger partial charge in [0, 0.05) is 0 Å². The maximum Gasteiger partial charge on any atom is 0.336 e. The van der Waals surface area contributed by atoms with Gasteiger partial charge in [0.2, 0.25) is 0 Å². The first-order chi connectivity index (χ1) is 8.06. The molecule has 0 heterocycles. The molecule has 0 spiro atoms. The number of esters is 1. The van der Waals surface area contributed by atoms with Gasteiger partial charge >= 0.3 is 5.97 Å². The summed E-state index contributed by atoms with van der Waals surface area (Å²) < 4.78 is 35.8. The summed E-state index contributed by atoms with van der Waals surface area (Å²) in [5, 5.41) is 0. The van der Waals surface area contributed by atoms with Gasteiger partial charge in [-0.05, 0) is 19.1 Å². The number of hydrogen-bond donors (Lipinski definition) is 0. The Hall–Kier alpha value is -1.91. The van der Waals surface area contributed by atoms with Crippen molar-refractivity contribution in [2.75, 3.05) is 13.2 Å². The number of carbonyl (C=O) groups is 1. The molecule has 0 N–H and O–H groups in total. The summed E-state index contributed by atoms with van der Waals surface area (Å²) in [4.78, 5) is 11.1. The number of halogens is 2. The van der Waals surface area contributed by atoms with E-state index in [1.165, 1.54) is 6.07 Å². The number of hydrogen-bond acceptors (Lipinski definition) is 3. The molecule has 17 heavy (non-hydrogen) atoms. The quantitative estimate of drug-likeness (QED) is 0.587. The zero-order chi connectivity index (χ0) is 12.8. The van der Waals surface area contributed by atoms with Gasteiger partial charge in [0.25, 0.3) is 0 Å². The van der Waals surface area contributed by atoms with E-state index < -0.39 is 23.4 Å². The lowest BCUT2D eigenvalue weighted by Crippen LogP contribution is -2.14. The molecule has 0 fully saturated rings. The van der Waals surface area contributed by atoms with Crippen molar-refractivity contribution in [1.29, 1.82) is 0 Å². The second kappa shape index (κ2) is 5.98. The van der Waals surface area contributed by atoms with Crippen LogP contribution >= 0.6 is 0 Å². The minimum atomic E-state index is -0.832. The largest absolute Gasteiger partial charge is 0.483 e. The van der Waals surface area contributed by atoms with Crippen molar-refractivity contribution >= 4 is 5.97 Å². The average Bonchev–Trinajstić information content (AvgIpc) is 2.28. The Kier molecular flexibility index (Phi) is 4.63. The van der Waals surface area contributed by atoms with Gasteiger partial charge in [0.15, 0.2) is 17.4 Å². The van der Waals surface area contributed by atoms with Gasteiger partial charge in [0.1, 0.15) is 6.61 Å². The van der Waals surface area contributed by atoms with Crippen molar-refractivity contribution in [2.24, 2.45) is 0 Å². The molecule has 1 aromatic rings. The van der Waals surface area contributed by atoms with Crippen molar-refractivity contribution in [1.82, 2.24) is 0 Å². The van der Waals surface area contributed by atoms with E-state index >= 15 is 0 Å². The van der Waals surface area contributed by atoms with Crippen LogP contribution in [0, 0.1) is 11.6 Å². The first-order valence-corrected chi connectivity index (χ1v) is 4.98. The SMILES string of the molecule is C=C(COc1c(F)cccc1F)C(=O)OCC. The van der Waals surface area contributed by atoms with Crippen LogP contribution < -0.4 is 4.74 Å². The van der Waals surface area contributed by atoms with E-state index in [1.807, 2.05) is 0 Å². The molecule has 0 saturated carbocycles. The summed E-state index contributed by atoms with van der Waals surface area (Å²) in [7, 11) is 0. The second-order valence-electron chi connectivity index (χ2n) is 3.16. The van der Waals surface area contributed by atoms with Crippen LogP contribution in [0.15, 0.2) is 30.4 Å². The predicted octanol–water partition coefficient (Wildman–Crippen LogP) is 2.46. The predicted molar refractivity (Wildman–Crippen MR) is 57.6 cm³/mol. The number of rotatable bonds is 5. The highest BCUT2D eigenvalue weighted by Crippen LogP contribution is 2.21. The normalized spacial score (nSPS) is 9.82. The van der Waals surface area contributed by atoms with Crippen LogP contribution in [0.1, 0.15) is 6.92 Å². The molecular weight excluding hydrogens is 230 g/mol. The molecule has 0 aliphatic carbocycles. The molecule has 0 bridgehead atoms. The van der Waals surface area contributed by atoms with Crippen LogP contribution in [0.3, 0.4) is 0 Å². The molecule has 0 aromatic heterocycles. The molecule has 0 amide bonds. The molecule has 0 atom stereocenters. The van der Waals surface area contributed by atoms with Gasteiger partial charge in [-0.15, -0.1) is 0 Å². The summed E-state index contributed by atoms with van der Waals surface area (Å²) in [6, 6.07) is 3.34. The van der Waals surface area contributed by atoms with Crippen LogP contribution in [-0.4, -0.2) is 19.2 Å². The average molecular weight is 242 g/mol. The Morgan fingerprint density at radius 3 is 2.47 bits per heavy atom. The summed E-state index contributed by atoms with van der Waals surface area (Å²) in [5.41, 5.74) is -0.00509. The fraction of sp³-hybridized carbons (Fsp3) is 0.250. The number of benzene rings is 1. The molecular formula is C12H12F2O3. The smallest absolute Gasteiger partial charge is 0.336 e. The second-order valence-corrected chi connectivity index (χ2v) is 3.16. The summed E-state index contributed by atoms with van der Waals surface area (Å²) in [6.07, 6.45) is 0. The molecule has 1 rings (SSSR count). The molecule has 0 saturated heterocycles. The van der Waals surface area contributed by atoms with E-state index in [1.54, 1.807) is 6.92 Å². The zero-order valence-corrected chi connectivity index (χ0v) is 9.33. The van der Waals surface area contributed by atoms with Crippen LogP contribution in [-0.2, 0) is 9.53 Å². The van der Waals surface area contributed by atoms with Crippen molar-refractivity contribution in [2.45, 2.75) is 6.92 Å². The van der Waals surface area contributed by atoms with E-state index in [9.17, 15) is 13.6 Å². The first-order valence-electron chi connectivity index (χ1n) is 4.98. The monoisotopic (exact) mass is 242 g/mol. The minimum Gasteiger partial charge on any atom is -0.483 e.